The van der Waals surface area contributed by atoms with Crippen LogP contribution in [-0.4, -0.2) is 40.1 Å². The van der Waals surface area contributed by atoms with Gasteiger partial charge in [-0.15, -0.1) is 0 Å². The topological polar surface area (TPSA) is 80.0 Å². The molecule has 1 aliphatic carbocycles. The Kier molecular flexibility index (Phi) is 4.80. The third-order valence-corrected chi connectivity index (χ3v) is 5.39. The summed E-state index contributed by atoms with van der Waals surface area (Å²) in [5.74, 6) is 0.475. The zero-order chi connectivity index (χ0) is 14.7. The van der Waals surface area contributed by atoms with E-state index in [0.717, 1.165) is 32.2 Å². The number of thioether (sulfide) groups is 1. The largest absolute Gasteiger partial charge is 0.346 e. The van der Waals surface area contributed by atoms with Crippen LogP contribution in [0, 0.1) is 0 Å². The molecule has 1 amide bonds. The van der Waals surface area contributed by atoms with Gasteiger partial charge in [0.2, 0.25) is 5.89 Å². The number of nitrogens with one attached hydrogen (secondary N) is 2. The van der Waals surface area contributed by atoms with Crippen LogP contribution in [0.1, 0.15) is 61.1 Å². The highest BCUT2D eigenvalue weighted by Gasteiger charge is 2.27. The Morgan fingerprint density at radius 3 is 3.05 bits per heavy atom. The predicted molar refractivity (Wildman–Crippen MR) is 81.3 cm³/mol. The number of nitrogens with zero attached hydrogens (tertiary/aromatic N) is 2. The summed E-state index contributed by atoms with van der Waals surface area (Å²) in [5, 5.41) is 10.8. The van der Waals surface area contributed by atoms with Gasteiger partial charge in [-0.05, 0) is 44.9 Å². The fraction of sp³-hybridized carbons (Fsp3) is 0.786. The third-order valence-electron chi connectivity index (χ3n) is 4.30. The zero-order valence-corrected chi connectivity index (χ0v) is 13.1. The number of carbonyl (C=O) groups is 1. The molecule has 2 fully saturated rings. The summed E-state index contributed by atoms with van der Waals surface area (Å²) in [6.07, 6.45) is 8.70. The highest BCUT2D eigenvalue weighted by atomic mass is 32.2. The maximum atomic E-state index is 12.2. The van der Waals surface area contributed by atoms with Crippen molar-refractivity contribution < 1.29 is 9.32 Å². The standard InChI is InChI=1S/C14H22N4O2S/c1-21-10-5-2-4-9(8-10)16-13(19)12-17-14(20-18-12)11-6-3-7-15-11/h9-11,15H,2-8H2,1H3,(H,16,19). The van der Waals surface area contributed by atoms with Crippen LogP contribution in [0.4, 0.5) is 0 Å². The second-order valence-corrected chi connectivity index (χ2v) is 6.94. The Hall–Kier alpha value is -1.08. The maximum Gasteiger partial charge on any atom is 0.292 e. The van der Waals surface area contributed by atoms with Crippen LogP contribution in [0.15, 0.2) is 4.52 Å². The van der Waals surface area contributed by atoms with Gasteiger partial charge in [-0.3, -0.25) is 4.79 Å². The average Bonchev–Trinajstić information content (AvgIpc) is 3.18. The minimum Gasteiger partial charge on any atom is -0.346 e. The van der Waals surface area contributed by atoms with Crippen LogP contribution < -0.4 is 10.6 Å². The maximum absolute atomic E-state index is 12.2. The zero-order valence-electron chi connectivity index (χ0n) is 12.3. The van der Waals surface area contributed by atoms with Gasteiger partial charge in [0, 0.05) is 11.3 Å². The molecule has 1 aromatic heterocycles. The Labute approximate surface area is 128 Å². The molecular weight excluding hydrogens is 288 g/mol. The van der Waals surface area contributed by atoms with Crippen molar-refractivity contribution in [3.8, 4) is 0 Å². The van der Waals surface area contributed by atoms with Crippen LogP contribution in [0.2, 0.25) is 0 Å². The van der Waals surface area contributed by atoms with E-state index in [1.54, 1.807) is 0 Å². The molecule has 7 heteroatoms. The summed E-state index contributed by atoms with van der Waals surface area (Å²) in [6, 6.07) is 0.338. The number of aromatic nitrogens is 2. The number of hydrogen-bond acceptors (Lipinski definition) is 6. The fourth-order valence-corrected chi connectivity index (χ4v) is 3.93. The Balaban J connectivity index is 1.57. The average molecular weight is 310 g/mol. The van der Waals surface area contributed by atoms with Gasteiger partial charge in [-0.1, -0.05) is 11.6 Å². The Bertz CT molecular complexity index is 487. The van der Waals surface area contributed by atoms with Crippen molar-refractivity contribution in [3.05, 3.63) is 11.7 Å². The van der Waals surface area contributed by atoms with Crippen molar-refractivity contribution in [2.75, 3.05) is 12.8 Å². The molecule has 21 heavy (non-hydrogen) atoms. The van der Waals surface area contributed by atoms with Crippen LogP contribution in [0.5, 0.6) is 0 Å². The lowest BCUT2D eigenvalue weighted by atomic mass is 9.95. The normalized spacial score (nSPS) is 29.5. The molecule has 116 valence electrons. The highest BCUT2D eigenvalue weighted by Crippen LogP contribution is 2.27. The molecule has 2 N–H and O–H groups in total. The molecule has 3 atom stereocenters. The first-order valence-corrected chi connectivity index (χ1v) is 8.95. The van der Waals surface area contributed by atoms with E-state index in [0.29, 0.717) is 11.1 Å². The van der Waals surface area contributed by atoms with Crippen LogP contribution >= 0.6 is 11.8 Å². The first-order valence-electron chi connectivity index (χ1n) is 7.67. The van der Waals surface area contributed by atoms with Gasteiger partial charge in [0.25, 0.3) is 11.7 Å². The quantitative estimate of drug-likeness (QED) is 0.884. The summed E-state index contributed by atoms with van der Waals surface area (Å²) in [5.41, 5.74) is 0. The lowest BCUT2D eigenvalue weighted by Crippen LogP contribution is -2.39. The van der Waals surface area contributed by atoms with E-state index >= 15 is 0 Å². The van der Waals surface area contributed by atoms with Gasteiger partial charge in [-0.2, -0.15) is 16.7 Å². The Morgan fingerprint density at radius 1 is 1.38 bits per heavy atom. The van der Waals surface area contributed by atoms with Crippen molar-refractivity contribution in [2.45, 2.75) is 55.9 Å². The summed E-state index contributed by atoms with van der Waals surface area (Å²) in [6.45, 7) is 0.965. The van der Waals surface area contributed by atoms with E-state index in [1.165, 1.54) is 12.8 Å². The molecule has 3 rings (SSSR count). The lowest BCUT2D eigenvalue weighted by Gasteiger charge is -2.28. The molecule has 1 saturated heterocycles. The number of amides is 1. The summed E-state index contributed by atoms with van der Waals surface area (Å²) in [7, 11) is 0. The van der Waals surface area contributed by atoms with Crippen LogP contribution in [0.3, 0.4) is 0 Å². The molecular formula is C14H22N4O2S. The Morgan fingerprint density at radius 2 is 2.29 bits per heavy atom. The monoisotopic (exact) mass is 310 g/mol. The minimum atomic E-state index is -0.213. The summed E-state index contributed by atoms with van der Waals surface area (Å²) >= 11 is 1.88. The molecule has 1 saturated carbocycles. The minimum absolute atomic E-state index is 0.106. The van der Waals surface area contributed by atoms with E-state index < -0.39 is 0 Å². The van der Waals surface area contributed by atoms with Gasteiger partial charge in [-0.25, -0.2) is 0 Å². The summed E-state index contributed by atoms with van der Waals surface area (Å²) < 4.78 is 5.21. The molecule has 2 aliphatic rings. The van der Waals surface area contributed by atoms with Crippen molar-refractivity contribution in [1.82, 2.24) is 20.8 Å². The first-order chi connectivity index (χ1) is 10.3. The van der Waals surface area contributed by atoms with Gasteiger partial charge in [0.05, 0.1) is 6.04 Å². The number of hydrogen-bond donors (Lipinski definition) is 2. The fourth-order valence-electron chi connectivity index (χ4n) is 3.10. The van der Waals surface area contributed by atoms with Gasteiger partial charge < -0.3 is 15.2 Å². The smallest absolute Gasteiger partial charge is 0.292 e. The third kappa shape index (κ3) is 3.58. The second-order valence-electron chi connectivity index (χ2n) is 5.80. The van der Waals surface area contributed by atoms with Gasteiger partial charge >= 0.3 is 0 Å². The van der Waals surface area contributed by atoms with E-state index in [2.05, 4.69) is 27.0 Å². The SMILES string of the molecule is CSC1CCCC(NC(=O)c2noc(C3CCCN3)n2)C1. The molecule has 1 aromatic rings. The van der Waals surface area contributed by atoms with E-state index in [-0.39, 0.29) is 23.8 Å². The van der Waals surface area contributed by atoms with Crippen molar-refractivity contribution >= 4 is 17.7 Å². The lowest BCUT2D eigenvalue weighted by molar-refractivity contribution is 0.0915. The van der Waals surface area contributed by atoms with E-state index in [9.17, 15) is 4.79 Å². The van der Waals surface area contributed by atoms with E-state index in [4.69, 9.17) is 4.52 Å². The molecule has 0 aromatic carbocycles. The number of rotatable bonds is 4. The predicted octanol–water partition coefficient (Wildman–Crippen LogP) is 1.90. The molecule has 0 bridgehead atoms. The molecule has 0 spiro atoms. The van der Waals surface area contributed by atoms with Gasteiger partial charge in [0.15, 0.2) is 0 Å². The molecule has 0 radical (unpaired) electrons. The number of carbonyl (C=O) groups excluding carboxylic acids is 1. The molecule has 2 heterocycles. The highest BCUT2D eigenvalue weighted by molar-refractivity contribution is 7.99. The first kappa shape index (κ1) is 14.8. The van der Waals surface area contributed by atoms with Crippen molar-refractivity contribution in [2.24, 2.45) is 0 Å². The van der Waals surface area contributed by atoms with Gasteiger partial charge in [0.1, 0.15) is 0 Å². The van der Waals surface area contributed by atoms with Crippen LogP contribution in [0.25, 0.3) is 0 Å². The molecule has 6 nitrogen and oxygen atoms in total. The van der Waals surface area contributed by atoms with E-state index in [1.807, 2.05) is 11.8 Å². The van der Waals surface area contributed by atoms with Crippen LogP contribution in [-0.2, 0) is 0 Å². The second kappa shape index (κ2) is 6.79. The summed E-state index contributed by atoms with van der Waals surface area (Å²) in [4.78, 5) is 16.5. The molecule has 3 unspecified atom stereocenters. The van der Waals surface area contributed by atoms with Crippen molar-refractivity contribution in [3.63, 3.8) is 0 Å². The molecule has 1 aliphatic heterocycles. The van der Waals surface area contributed by atoms with Crippen molar-refractivity contribution in [1.29, 1.82) is 0 Å².